The number of rotatable bonds is 6. The van der Waals surface area contributed by atoms with Gasteiger partial charge in [-0.05, 0) is 93.1 Å². The van der Waals surface area contributed by atoms with E-state index in [0.717, 1.165) is 36.8 Å². The maximum absolute atomic E-state index is 14.0. The minimum absolute atomic E-state index is 0.110. The maximum Gasteiger partial charge on any atom is 0.269 e. The van der Waals surface area contributed by atoms with E-state index in [-0.39, 0.29) is 23.7 Å². The Morgan fingerprint density at radius 2 is 1.83 bits per heavy atom. The maximum atomic E-state index is 14.0. The summed E-state index contributed by atoms with van der Waals surface area (Å²) >= 11 is 6.12. The van der Waals surface area contributed by atoms with Gasteiger partial charge in [-0.2, -0.15) is 0 Å². The van der Waals surface area contributed by atoms with Crippen LogP contribution < -0.4 is 15.0 Å². The molecule has 2 aromatic carbocycles. The number of aryl methyl sites for hydroxylation is 1. The van der Waals surface area contributed by atoms with Crippen molar-refractivity contribution in [2.24, 2.45) is 0 Å². The third-order valence-corrected chi connectivity index (χ3v) is 7.18. The minimum Gasteiger partial charge on any atom is -0.480 e. The Hall–Kier alpha value is -2.86. The summed E-state index contributed by atoms with van der Waals surface area (Å²) in [5, 5.41) is 3.73. The van der Waals surface area contributed by atoms with E-state index in [4.69, 9.17) is 16.3 Å². The highest BCUT2D eigenvalue weighted by Gasteiger charge is 2.38. The van der Waals surface area contributed by atoms with E-state index in [2.05, 4.69) is 5.32 Å². The van der Waals surface area contributed by atoms with Crippen molar-refractivity contribution in [3.63, 3.8) is 0 Å². The third kappa shape index (κ3) is 5.87. The summed E-state index contributed by atoms with van der Waals surface area (Å²) in [5.41, 5.74) is 2.07. The van der Waals surface area contributed by atoms with Crippen LogP contribution in [0.5, 0.6) is 5.75 Å². The van der Waals surface area contributed by atoms with Crippen LogP contribution in [0, 0.1) is 5.82 Å². The van der Waals surface area contributed by atoms with E-state index in [1.807, 2.05) is 19.9 Å². The number of halogens is 2. The van der Waals surface area contributed by atoms with Crippen molar-refractivity contribution in [3.05, 3.63) is 70.5 Å². The van der Waals surface area contributed by atoms with Crippen LogP contribution in [0.2, 0.25) is 5.02 Å². The molecule has 0 spiro atoms. The van der Waals surface area contributed by atoms with Crippen molar-refractivity contribution < 1.29 is 18.7 Å². The van der Waals surface area contributed by atoms with Gasteiger partial charge in [-0.1, -0.05) is 36.9 Å². The topological polar surface area (TPSA) is 58.6 Å². The monoisotopic (exact) mass is 498 g/mol. The van der Waals surface area contributed by atoms with Crippen molar-refractivity contribution in [1.82, 2.24) is 5.32 Å². The lowest BCUT2D eigenvalue weighted by Crippen LogP contribution is -2.56. The first kappa shape index (κ1) is 25.2. The van der Waals surface area contributed by atoms with E-state index in [9.17, 15) is 14.0 Å². The van der Waals surface area contributed by atoms with Crippen LogP contribution in [0.3, 0.4) is 0 Å². The zero-order valence-corrected chi connectivity index (χ0v) is 21.0. The van der Waals surface area contributed by atoms with Gasteiger partial charge in [-0.25, -0.2) is 4.39 Å². The number of carbonyl (C=O) groups excluding carboxylic acids is 2. The molecule has 35 heavy (non-hydrogen) atoms. The van der Waals surface area contributed by atoms with Gasteiger partial charge in [-0.3, -0.25) is 14.5 Å². The van der Waals surface area contributed by atoms with Crippen molar-refractivity contribution in [2.45, 2.75) is 77.0 Å². The molecular weight excluding hydrogens is 467 g/mol. The SMILES string of the molecule is C/C=C(\C)C(C(=O)NC1CCCCC1)N(C(=O)C1CCc2cc(F)ccc2O1)c1ccc(Cl)cc1. The first-order valence-corrected chi connectivity index (χ1v) is 12.7. The van der Waals surface area contributed by atoms with Gasteiger partial charge in [0.05, 0.1) is 0 Å². The predicted molar refractivity (Wildman–Crippen MR) is 136 cm³/mol. The highest BCUT2D eigenvalue weighted by atomic mass is 35.5. The lowest BCUT2D eigenvalue weighted by molar-refractivity contribution is -0.130. The van der Waals surface area contributed by atoms with Crippen molar-refractivity contribution in [1.29, 1.82) is 0 Å². The summed E-state index contributed by atoms with van der Waals surface area (Å²) in [4.78, 5) is 29.2. The van der Waals surface area contributed by atoms with Crippen LogP contribution in [-0.4, -0.2) is 30.0 Å². The summed E-state index contributed by atoms with van der Waals surface area (Å²) < 4.78 is 19.7. The quantitative estimate of drug-likeness (QED) is 0.498. The normalized spacial score (nSPS) is 19.3. The number of carbonyl (C=O) groups is 2. The average molecular weight is 499 g/mol. The number of benzene rings is 2. The summed E-state index contributed by atoms with van der Waals surface area (Å²) in [7, 11) is 0. The Morgan fingerprint density at radius 3 is 2.51 bits per heavy atom. The molecule has 1 N–H and O–H groups in total. The smallest absolute Gasteiger partial charge is 0.269 e. The van der Waals surface area contributed by atoms with E-state index < -0.39 is 12.1 Å². The van der Waals surface area contributed by atoms with Crippen LogP contribution >= 0.6 is 11.6 Å². The number of ether oxygens (including phenoxy) is 1. The van der Waals surface area contributed by atoms with Crippen LogP contribution in [0.4, 0.5) is 10.1 Å². The minimum atomic E-state index is -0.825. The molecular formula is C28H32ClFN2O3. The second-order valence-electron chi connectivity index (χ2n) is 9.36. The van der Waals surface area contributed by atoms with Crippen LogP contribution in [-0.2, 0) is 16.0 Å². The molecule has 2 amide bonds. The van der Waals surface area contributed by atoms with Gasteiger partial charge in [0.2, 0.25) is 5.91 Å². The van der Waals surface area contributed by atoms with E-state index in [1.54, 1.807) is 30.3 Å². The average Bonchev–Trinajstić information content (AvgIpc) is 2.87. The van der Waals surface area contributed by atoms with Crippen LogP contribution in [0.15, 0.2) is 54.1 Å². The number of allylic oxidation sites excluding steroid dienone is 1. The zero-order chi connectivity index (χ0) is 24.9. The Morgan fingerprint density at radius 1 is 1.11 bits per heavy atom. The lowest BCUT2D eigenvalue weighted by Gasteiger charge is -2.36. The fourth-order valence-corrected chi connectivity index (χ4v) is 5.03. The fourth-order valence-electron chi connectivity index (χ4n) is 4.90. The molecule has 1 heterocycles. The number of fused-ring (bicyclic) bond motifs is 1. The lowest BCUT2D eigenvalue weighted by atomic mass is 9.94. The second kappa shape index (κ2) is 11.3. The molecule has 0 saturated heterocycles. The van der Waals surface area contributed by atoms with Crippen molar-refractivity contribution >= 4 is 29.1 Å². The number of anilines is 1. The molecule has 0 aromatic heterocycles. The molecule has 7 heteroatoms. The van der Waals surface area contributed by atoms with Gasteiger partial charge in [0.15, 0.2) is 6.10 Å². The fraction of sp³-hybridized carbons (Fsp3) is 0.429. The molecule has 2 atom stereocenters. The highest BCUT2D eigenvalue weighted by Crippen LogP contribution is 2.32. The molecule has 5 nitrogen and oxygen atoms in total. The standard InChI is InChI=1S/C28H32ClFN2O3/c1-3-18(2)26(27(33)31-22-7-5-4-6-8-22)32(23-13-10-20(29)11-14-23)28(34)25-15-9-19-17-21(30)12-16-24(19)35-25/h3,10-14,16-17,22,25-26H,4-9,15H2,1-2H3,(H,31,33)/b18-3+. The Labute approximate surface area is 211 Å². The molecule has 1 fully saturated rings. The molecule has 1 aliphatic carbocycles. The van der Waals surface area contributed by atoms with E-state index in [1.165, 1.54) is 23.5 Å². The number of hydrogen-bond donors (Lipinski definition) is 1. The number of nitrogens with zero attached hydrogens (tertiary/aromatic N) is 1. The largest absolute Gasteiger partial charge is 0.480 e. The van der Waals surface area contributed by atoms with Gasteiger partial charge in [-0.15, -0.1) is 0 Å². The van der Waals surface area contributed by atoms with Gasteiger partial charge in [0.25, 0.3) is 5.91 Å². The number of nitrogens with one attached hydrogen (secondary N) is 1. The summed E-state index contributed by atoms with van der Waals surface area (Å²) in [6.07, 6.45) is 7.23. The molecule has 2 aliphatic rings. The first-order valence-electron chi connectivity index (χ1n) is 12.3. The molecule has 0 bridgehead atoms. The van der Waals surface area contributed by atoms with Crippen LogP contribution in [0.25, 0.3) is 0 Å². The molecule has 1 saturated carbocycles. The van der Waals surface area contributed by atoms with Gasteiger partial charge in [0, 0.05) is 16.8 Å². The van der Waals surface area contributed by atoms with E-state index >= 15 is 0 Å². The molecule has 1 aliphatic heterocycles. The first-order chi connectivity index (χ1) is 16.9. The summed E-state index contributed by atoms with van der Waals surface area (Å²) in [6.45, 7) is 3.73. The molecule has 2 aromatic rings. The molecule has 186 valence electrons. The summed E-state index contributed by atoms with van der Waals surface area (Å²) in [6, 6.07) is 10.5. The van der Waals surface area contributed by atoms with Gasteiger partial charge < -0.3 is 10.1 Å². The predicted octanol–water partition coefficient (Wildman–Crippen LogP) is 5.99. The third-order valence-electron chi connectivity index (χ3n) is 6.93. The Balaban J connectivity index is 1.67. The Kier molecular flexibility index (Phi) is 8.11. The molecule has 0 radical (unpaired) electrons. The van der Waals surface area contributed by atoms with Crippen molar-refractivity contribution in [3.8, 4) is 5.75 Å². The van der Waals surface area contributed by atoms with Crippen molar-refractivity contribution in [2.75, 3.05) is 4.90 Å². The van der Waals surface area contributed by atoms with Gasteiger partial charge >= 0.3 is 0 Å². The number of amides is 2. The van der Waals surface area contributed by atoms with E-state index in [0.29, 0.717) is 29.3 Å². The second-order valence-corrected chi connectivity index (χ2v) is 9.80. The summed E-state index contributed by atoms with van der Waals surface area (Å²) in [5.74, 6) is -0.345. The highest BCUT2D eigenvalue weighted by molar-refractivity contribution is 6.30. The Bertz CT molecular complexity index is 1100. The van der Waals surface area contributed by atoms with Gasteiger partial charge in [0.1, 0.15) is 17.6 Å². The molecule has 4 rings (SSSR count). The zero-order valence-electron chi connectivity index (χ0n) is 20.2. The molecule has 2 unspecified atom stereocenters. The number of hydrogen-bond acceptors (Lipinski definition) is 3. The van der Waals surface area contributed by atoms with Crippen LogP contribution in [0.1, 0.15) is 57.9 Å².